The second-order valence-electron chi connectivity index (χ2n) is 8.90. The number of allylic oxidation sites excluding steroid dienone is 1. The van der Waals surface area contributed by atoms with E-state index in [1.54, 1.807) is 4.90 Å². The number of thiophene rings is 1. The molecule has 1 N–H and O–H groups in total. The van der Waals surface area contributed by atoms with Gasteiger partial charge in [-0.05, 0) is 24.0 Å². The van der Waals surface area contributed by atoms with Crippen LogP contribution in [-0.2, 0) is 29.2 Å². The summed E-state index contributed by atoms with van der Waals surface area (Å²) in [6.45, 7) is 9.73. The summed E-state index contributed by atoms with van der Waals surface area (Å²) >= 11 is 1.48. The molecule has 0 radical (unpaired) electrons. The molecule has 1 atom stereocenters. The number of benzene rings is 1. The Morgan fingerprint density at radius 1 is 1.12 bits per heavy atom. The molecule has 2 aromatic rings. The van der Waals surface area contributed by atoms with Crippen LogP contribution in [0.1, 0.15) is 45.6 Å². The molecule has 1 amide bonds. The summed E-state index contributed by atoms with van der Waals surface area (Å²) in [7, 11) is 0. The van der Waals surface area contributed by atoms with Gasteiger partial charge in [-0.1, -0.05) is 36.4 Å². The maximum absolute atomic E-state index is 12.9. The Labute approximate surface area is 192 Å². The lowest BCUT2D eigenvalue weighted by Crippen LogP contribution is -2.43. The molecule has 7 heteroatoms. The van der Waals surface area contributed by atoms with Crippen molar-refractivity contribution in [1.82, 2.24) is 9.80 Å². The van der Waals surface area contributed by atoms with Crippen molar-refractivity contribution in [3.8, 4) is 0 Å². The number of rotatable bonds is 6. The van der Waals surface area contributed by atoms with Crippen molar-refractivity contribution in [3.05, 3.63) is 63.4 Å². The normalized spacial score (nSPS) is 21.8. The van der Waals surface area contributed by atoms with Crippen molar-refractivity contribution in [3.63, 3.8) is 0 Å². The summed E-state index contributed by atoms with van der Waals surface area (Å²) in [4.78, 5) is 30.4. The van der Waals surface area contributed by atoms with Crippen LogP contribution in [0.25, 0.3) is 0 Å². The number of anilines is 1. The Bertz CT molecular complexity index is 1020. The van der Waals surface area contributed by atoms with Gasteiger partial charge in [-0.15, -0.1) is 11.3 Å². The second kappa shape index (κ2) is 9.17. The van der Waals surface area contributed by atoms with Crippen molar-refractivity contribution in [2.45, 2.75) is 44.9 Å². The molecule has 0 spiro atoms. The van der Waals surface area contributed by atoms with Crippen molar-refractivity contribution in [2.24, 2.45) is 0 Å². The number of amides is 1. The number of ether oxygens (including phenoxy) is 1. The highest BCUT2D eigenvalue weighted by Crippen LogP contribution is 2.38. The summed E-state index contributed by atoms with van der Waals surface area (Å²) < 4.78 is 5.42. The van der Waals surface area contributed by atoms with Crippen molar-refractivity contribution >= 4 is 28.7 Å². The highest BCUT2D eigenvalue weighted by atomic mass is 32.1. The van der Waals surface area contributed by atoms with Crippen molar-refractivity contribution in [2.75, 3.05) is 31.6 Å². The number of carbonyl (C=O) groups excluding carboxylic acids is 2. The van der Waals surface area contributed by atoms with Crippen LogP contribution in [0, 0.1) is 0 Å². The third-order valence-corrected chi connectivity index (χ3v) is 7.65. The molecule has 0 unspecified atom stereocenters. The van der Waals surface area contributed by atoms with Gasteiger partial charge in [0.05, 0.1) is 36.4 Å². The molecule has 1 aliphatic carbocycles. The van der Waals surface area contributed by atoms with Crippen LogP contribution in [0.2, 0.25) is 0 Å². The number of fused-ring (bicyclic) bond motifs is 1. The van der Waals surface area contributed by atoms with Gasteiger partial charge in [0.1, 0.15) is 0 Å². The predicted molar refractivity (Wildman–Crippen MR) is 126 cm³/mol. The number of nitrogens with one attached hydrogen (secondary N) is 1. The van der Waals surface area contributed by atoms with Crippen molar-refractivity contribution < 1.29 is 14.3 Å². The molecule has 0 bridgehead atoms. The highest BCUT2D eigenvalue weighted by Gasteiger charge is 2.39. The van der Waals surface area contributed by atoms with E-state index in [4.69, 9.17) is 4.74 Å². The lowest BCUT2D eigenvalue weighted by Gasteiger charge is -2.30. The average molecular weight is 452 g/mol. The van der Waals surface area contributed by atoms with Crippen LogP contribution in [-0.4, -0.2) is 53.8 Å². The summed E-state index contributed by atoms with van der Waals surface area (Å²) in [5, 5.41) is 5.54. The lowest BCUT2D eigenvalue weighted by molar-refractivity contribution is -0.124. The van der Waals surface area contributed by atoms with Gasteiger partial charge in [0.2, 0.25) is 0 Å². The minimum atomic E-state index is -0.306. The molecule has 2 aliphatic heterocycles. The predicted octanol–water partition coefficient (Wildman–Crippen LogP) is 3.83. The minimum Gasteiger partial charge on any atom is -0.380 e. The number of Topliss-reactive ketones (excluding diaryl/α,β-unsaturated/α-hetero) is 1. The zero-order valence-electron chi connectivity index (χ0n) is 18.3. The number of ketones is 1. The van der Waals surface area contributed by atoms with E-state index in [9.17, 15) is 9.59 Å². The van der Waals surface area contributed by atoms with E-state index >= 15 is 0 Å². The number of nitrogens with zero attached hydrogens (tertiary/aromatic N) is 2. The first-order valence-electron chi connectivity index (χ1n) is 11.3. The van der Waals surface area contributed by atoms with Gasteiger partial charge < -0.3 is 15.0 Å². The van der Waals surface area contributed by atoms with Crippen LogP contribution < -0.4 is 5.32 Å². The van der Waals surface area contributed by atoms with E-state index in [1.807, 2.05) is 5.38 Å². The first kappa shape index (κ1) is 21.4. The van der Waals surface area contributed by atoms with E-state index in [0.29, 0.717) is 25.9 Å². The molecule has 6 nitrogen and oxygen atoms in total. The number of hydrogen-bond acceptors (Lipinski definition) is 6. The van der Waals surface area contributed by atoms with Gasteiger partial charge in [-0.2, -0.15) is 0 Å². The molecule has 1 aromatic carbocycles. The van der Waals surface area contributed by atoms with Gasteiger partial charge in [-0.3, -0.25) is 14.5 Å². The van der Waals surface area contributed by atoms with E-state index in [2.05, 4.69) is 41.1 Å². The topological polar surface area (TPSA) is 61.9 Å². The largest absolute Gasteiger partial charge is 0.380 e. The molecule has 1 saturated heterocycles. The summed E-state index contributed by atoms with van der Waals surface area (Å²) in [6.07, 6.45) is 1.91. The molecule has 5 rings (SSSR count). The SMILES string of the molecule is C=C1CC[C@H](N2Cc3c(NCc4ccc(CN5CCOCC5)cc4)csc3C2=O)C(=O)C1. The van der Waals surface area contributed by atoms with Gasteiger partial charge in [0, 0.05) is 43.5 Å². The third kappa shape index (κ3) is 4.37. The molecule has 2 fully saturated rings. The standard InChI is InChI=1S/C25H29N3O3S/c1-17-2-7-22(23(29)12-17)28-15-20-21(16-32-24(20)25(28)30)26-13-18-3-5-19(6-4-18)14-27-8-10-31-11-9-27/h3-6,16,22,26H,1-2,7-15H2/t22-/m0/s1. The Balaban J connectivity index is 1.19. The Kier molecular flexibility index (Phi) is 6.13. The van der Waals surface area contributed by atoms with Crippen LogP contribution in [0.4, 0.5) is 5.69 Å². The monoisotopic (exact) mass is 451 g/mol. The maximum Gasteiger partial charge on any atom is 0.265 e. The van der Waals surface area contributed by atoms with Gasteiger partial charge in [0.15, 0.2) is 5.78 Å². The first-order chi connectivity index (χ1) is 15.6. The fourth-order valence-electron chi connectivity index (χ4n) is 4.75. The van der Waals surface area contributed by atoms with Gasteiger partial charge >= 0.3 is 0 Å². The van der Waals surface area contributed by atoms with Crippen LogP contribution in [0.3, 0.4) is 0 Å². The third-order valence-electron chi connectivity index (χ3n) is 6.64. The van der Waals surface area contributed by atoms with Crippen LogP contribution in [0.5, 0.6) is 0 Å². The van der Waals surface area contributed by atoms with E-state index in [1.165, 1.54) is 22.5 Å². The van der Waals surface area contributed by atoms with Crippen LogP contribution >= 0.6 is 11.3 Å². The summed E-state index contributed by atoms with van der Waals surface area (Å²) in [5.41, 5.74) is 5.53. The molecule has 3 heterocycles. The smallest absolute Gasteiger partial charge is 0.265 e. The zero-order chi connectivity index (χ0) is 22.1. The molecule has 168 valence electrons. The Morgan fingerprint density at radius 2 is 1.88 bits per heavy atom. The average Bonchev–Trinajstić information content (AvgIpc) is 3.34. The molecule has 32 heavy (non-hydrogen) atoms. The Morgan fingerprint density at radius 3 is 2.62 bits per heavy atom. The van der Waals surface area contributed by atoms with Crippen LogP contribution in [0.15, 0.2) is 41.8 Å². The molecular formula is C25H29N3O3S. The summed E-state index contributed by atoms with van der Waals surface area (Å²) in [5.74, 6) is 0.118. The lowest BCUT2D eigenvalue weighted by atomic mass is 9.90. The fourth-order valence-corrected chi connectivity index (χ4v) is 5.75. The van der Waals surface area contributed by atoms with E-state index < -0.39 is 0 Å². The number of hydrogen-bond donors (Lipinski definition) is 1. The quantitative estimate of drug-likeness (QED) is 0.677. The molecular weight excluding hydrogens is 422 g/mol. The minimum absolute atomic E-state index is 0.00335. The first-order valence-corrected chi connectivity index (χ1v) is 12.2. The Hall–Kier alpha value is -2.48. The molecule has 3 aliphatic rings. The highest BCUT2D eigenvalue weighted by molar-refractivity contribution is 7.12. The summed E-state index contributed by atoms with van der Waals surface area (Å²) in [6, 6.07) is 8.41. The fraction of sp³-hybridized carbons (Fsp3) is 0.440. The van der Waals surface area contributed by atoms with Gasteiger partial charge in [0.25, 0.3) is 5.91 Å². The van der Waals surface area contributed by atoms with E-state index in [0.717, 1.165) is 61.0 Å². The van der Waals surface area contributed by atoms with Crippen molar-refractivity contribution in [1.29, 1.82) is 0 Å². The molecule has 1 aromatic heterocycles. The van der Waals surface area contributed by atoms with Gasteiger partial charge in [-0.25, -0.2) is 0 Å². The second-order valence-corrected chi connectivity index (χ2v) is 9.78. The number of morpholine rings is 1. The maximum atomic E-state index is 12.9. The zero-order valence-corrected chi connectivity index (χ0v) is 19.1. The number of carbonyl (C=O) groups is 2. The molecule has 1 saturated carbocycles. The van der Waals surface area contributed by atoms with E-state index in [-0.39, 0.29) is 17.7 Å².